The van der Waals surface area contributed by atoms with Crippen molar-refractivity contribution in [1.82, 2.24) is 0 Å². The zero-order valence-corrected chi connectivity index (χ0v) is 15.4. The standard InChI is InChI=1S/C23H24O3/c1-24-20-12-8-17(9-13-20)22(18-10-14-21(25-2)15-11-18)16-19-6-4-5-7-23(19)26-3/h4-15,22H,16H2,1-3H3. The first kappa shape index (κ1) is 17.9. The Balaban J connectivity index is 1.99. The largest absolute Gasteiger partial charge is 0.497 e. The second kappa shape index (κ2) is 8.43. The molecule has 0 spiro atoms. The first-order valence-corrected chi connectivity index (χ1v) is 8.65. The van der Waals surface area contributed by atoms with Gasteiger partial charge < -0.3 is 14.2 Å². The van der Waals surface area contributed by atoms with Gasteiger partial charge in [-0.1, -0.05) is 42.5 Å². The molecule has 3 heteroatoms. The van der Waals surface area contributed by atoms with E-state index in [0.717, 1.165) is 23.7 Å². The molecule has 0 N–H and O–H groups in total. The summed E-state index contributed by atoms with van der Waals surface area (Å²) in [7, 11) is 5.09. The van der Waals surface area contributed by atoms with Gasteiger partial charge in [0.1, 0.15) is 17.2 Å². The van der Waals surface area contributed by atoms with Crippen LogP contribution in [0, 0.1) is 0 Å². The maximum absolute atomic E-state index is 5.55. The number of hydrogen-bond donors (Lipinski definition) is 0. The molecule has 3 aromatic rings. The predicted molar refractivity (Wildman–Crippen MR) is 105 cm³/mol. The summed E-state index contributed by atoms with van der Waals surface area (Å²) in [5.74, 6) is 2.85. The molecule has 0 saturated carbocycles. The van der Waals surface area contributed by atoms with Crippen LogP contribution in [0.3, 0.4) is 0 Å². The van der Waals surface area contributed by atoms with Crippen molar-refractivity contribution in [3.8, 4) is 17.2 Å². The predicted octanol–water partition coefficient (Wildman–Crippen LogP) is 5.09. The van der Waals surface area contributed by atoms with E-state index in [-0.39, 0.29) is 5.92 Å². The lowest BCUT2D eigenvalue weighted by molar-refractivity contribution is 0.408. The van der Waals surface area contributed by atoms with Crippen LogP contribution >= 0.6 is 0 Å². The Morgan fingerprint density at radius 2 is 1.12 bits per heavy atom. The zero-order valence-electron chi connectivity index (χ0n) is 15.4. The molecule has 0 saturated heterocycles. The molecule has 0 unspecified atom stereocenters. The summed E-state index contributed by atoms with van der Waals surface area (Å²) in [6.45, 7) is 0. The third-order valence-corrected chi connectivity index (χ3v) is 4.65. The lowest BCUT2D eigenvalue weighted by Crippen LogP contribution is -2.06. The first-order valence-electron chi connectivity index (χ1n) is 8.65. The monoisotopic (exact) mass is 348 g/mol. The maximum atomic E-state index is 5.55. The van der Waals surface area contributed by atoms with Gasteiger partial charge in [-0.05, 0) is 53.4 Å². The average Bonchev–Trinajstić information content (AvgIpc) is 2.72. The molecule has 0 aliphatic carbocycles. The third kappa shape index (κ3) is 3.99. The molecule has 3 aromatic carbocycles. The van der Waals surface area contributed by atoms with Crippen LogP contribution < -0.4 is 14.2 Å². The normalized spacial score (nSPS) is 10.6. The number of hydrogen-bond acceptors (Lipinski definition) is 3. The van der Waals surface area contributed by atoms with Crippen molar-refractivity contribution in [2.24, 2.45) is 0 Å². The van der Waals surface area contributed by atoms with Gasteiger partial charge in [-0.25, -0.2) is 0 Å². The van der Waals surface area contributed by atoms with Crippen LogP contribution in [0.5, 0.6) is 17.2 Å². The molecule has 3 rings (SSSR count). The maximum Gasteiger partial charge on any atom is 0.122 e. The van der Waals surface area contributed by atoms with Crippen LogP contribution in [0.1, 0.15) is 22.6 Å². The van der Waals surface area contributed by atoms with Crippen LogP contribution in [0.25, 0.3) is 0 Å². The Morgan fingerprint density at radius 3 is 1.58 bits per heavy atom. The summed E-state index contributed by atoms with van der Waals surface area (Å²) >= 11 is 0. The van der Waals surface area contributed by atoms with Crippen molar-refractivity contribution in [3.63, 3.8) is 0 Å². The number of methoxy groups -OCH3 is 3. The van der Waals surface area contributed by atoms with Crippen molar-refractivity contribution < 1.29 is 14.2 Å². The highest BCUT2D eigenvalue weighted by Gasteiger charge is 2.17. The molecule has 0 atom stereocenters. The van der Waals surface area contributed by atoms with E-state index >= 15 is 0 Å². The van der Waals surface area contributed by atoms with Gasteiger partial charge in [0.2, 0.25) is 0 Å². The molecule has 3 nitrogen and oxygen atoms in total. The molecule has 0 fully saturated rings. The van der Waals surface area contributed by atoms with E-state index < -0.39 is 0 Å². The van der Waals surface area contributed by atoms with Gasteiger partial charge in [-0.15, -0.1) is 0 Å². The molecular formula is C23H24O3. The Kier molecular flexibility index (Phi) is 5.80. The fourth-order valence-electron chi connectivity index (χ4n) is 3.19. The van der Waals surface area contributed by atoms with Crippen LogP contribution in [0.4, 0.5) is 0 Å². The minimum atomic E-state index is 0.211. The molecule has 0 aliphatic rings. The van der Waals surface area contributed by atoms with E-state index in [9.17, 15) is 0 Å². The zero-order chi connectivity index (χ0) is 18.4. The molecule has 0 bridgehead atoms. The molecular weight excluding hydrogens is 324 g/mol. The molecule has 0 aromatic heterocycles. The van der Waals surface area contributed by atoms with Crippen LogP contribution in [0.15, 0.2) is 72.8 Å². The molecule has 134 valence electrons. The van der Waals surface area contributed by atoms with Crippen molar-refractivity contribution in [2.75, 3.05) is 21.3 Å². The minimum absolute atomic E-state index is 0.211. The van der Waals surface area contributed by atoms with E-state index in [1.165, 1.54) is 16.7 Å². The van der Waals surface area contributed by atoms with Gasteiger partial charge in [0, 0.05) is 5.92 Å². The lowest BCUT2D eigenvalue weighted by atomic mass is 9.85. The van der Waals surface area contributed by atoms with Crippen molar-refractivity contribution in [1.29, 1.82) is 0 Å². The summed E-state index contributed by atoms with van der Waals surface area (Å²) < 4.78 is 16.2. The van der Waals surface area contributed by atoms with E-state index in [2.05, 4.69) is 36.4 Å². The lowest BCUT2D eigenvalue weighted by Gasteiger charge is -2.20. The summed E-state index contributed by atoms with van der Waals surface area (Å²) in [4.78, 5) is 0. The van der Waals surface area contributed by atoms with E-state index in [1.807, 2.05) is 36.4 Å². The Hall–Kier alpha value is -2.94. The van der Waals surface area contributed by atoms with Crippen LogP contribution in [0.2, 0.25) is 0 Å². The fraction of sp³-hybridized carbons (Fsp3) is 0.217. The molecule has 0 aliphatic heterocycles. The van der Waals surface area contributed by atoms with Crippen molar-refractivity contribution in [2.45, 2.75) is 12.3 Å². The molecule has 0 heterocycles. The van der Waals surface area contributed by atoms with Gasteiger partial charge in [0.15, 0.2) is 0 Å². The van der Waals surface area contributed by atoms with Crippen LogP contribution in [-0.2, 0) is 6.42 Å². The number of para-hydroxylation sites is 1. The Bertz CT molecular complexity index is 775. The highest BCUT2D eigenvalue weighted by molar-refractivity contribution is 5.42. The second-order valence-electron chi connectivity index (χ2n) is 6.11. The second-order valence-corrected chi connectivity index (χ2v) is 6.11. The number of rotatable bonds is 7. The summed E-state index contributed by atoms with van der Waals surface area (Å²) in [5, 5.41) is 0. The smallest absolute Gasteiger partial charge is 0.122 e. The minimum Gasteiger partial charge on any atom is -0.497 e. The number of ether oxygens (including phenoxy) is 3. The molecule has 0 amide bonds. The topological polar surface area (TPSA) is 27.7 Å². The van der Waals surface area contributed by atoms with Gasteiger partial charge in [-0.3, -0.25) is 0 Å². The summed E-state index contributed by atoms with van der Waals surface area (Å²) in [5.41, 5.74) is 3.66. The quantitative estimate of drug-likeness (QED) is 0.595. The first-order chi connectivity index (χ1) is 12.7. The van der Waals surface area contributed by atoms with Crippen LogP contribution in [-0.4, -0.2) is 21.3 Å². The van der Waals surface area contributed by atoms with Crippen molar-refractivity contribution in [3.05, 3.63) is 89.5 Å². The Morgan fingerprint density at radius 1 is 0.615 bits per heavy atom. The van der Waals surface area contributed by atoms with Gasteiger partial charge >= 0.3 is 0 Å². The van der Waals surface area contributed by atoms with Gasteiger partial charge in [0.05, 0.1) is 21.3 Å². The average molecular weight is 348 g/mol. The molecule has 0 radical (unpaired) electrons. The fourth-order valence-corrected chi connectivity index (χ4v) is 3.19. The summed E-state index contributed by atoms with van der Waals surface area (Å²) in [6.07, 6.45) is 0.850. The molecule has 26 heavy (non-hydrogen) atoms. The van der Waals surface area contributed by atoms with E-state index in [1.54, 1.807) is 21.3 Å². The van der Waals surface area contributed by atoms with Gasteiger partial charge in [-0.2, -0.15) is 0 Å². The van der Waals surface area contributed by atoms with E-state index in [0.29, 0.717) is 0 Å². The SMILES string of the molecule is COc1ccc(C(Cc2ccccc2OC)c2ccc(OC)cc2)cc1. The Labute approximate surface area is 155 Å². The van der Waals surface area contributed by atoms with E-state index in [4.69, 9.17) is 14.2 Å². The van der Waals surface area contributed by atoms with Crippen molar-refractivity contribution >= 4 is 0 Å². The van der Waals surface area contributed by atoms with Gasteiger partial charge in [0.25, 0.3) is 0 Å². The third-order valence-electron chi connectivity index (χ3n) is 4.65. The highest BCUT2D eigenvalue weighted by Crippen LogP contribution is 2.33. The summed E-state index contributed by atoms with van der Waals surface area (Å²) in [6, 6.07) is 24.7. The highest BCUT2D eigenvalue weighted by atomic mass is 16.5. The number of benzene rings is 3.